The van der Waals surface area contributed by atoms with Crippen LogP contribution in [0.2, 0.25) is 0 Å². The molecular formula is C10H18N4O2. The van der Waals surface area contributed by atoms with Crippen LogP contribution >= 0.6 is 0 Å². The Morgan fingerprint density at radius 2 is 2.12 bits per heavy atom. The highest BCUT2D eigenvalue weighted by Crippen LogP contribution is 2.35. The van der Waals surface area contributed by atoms with Gasteiger partial charge < -0.3 is 10.0 Å². The number of hydrogen-bond acceptors (Lipinski definition) is 2. The van der Waals surface area contributed by atoms with Gasteiger partial charge in [-0.15, -0.1) is 0 Å². The van der Waals surface area contributed by atoms with E-state index in [2.05, 4.69) is 10.0 Å². The standard InChI is InChI=1S/C10H18N4O2/c1-10(2,3)14(9(15)16)8-4-7(5-8)6-12-13-11/h7-8H,4-6H2,1-3H3,(H,15,16). The molecule has 0 radical (unpaired) electrons. The van der Waals surface area contributed by atoms with E-state index >= 15 is 0 Å². The van der Waals surface area contributed by atoms with Crippen molar-refractivity contribution in [1.29, 1.82) is 0 Å². The summed E-state index contributed by atoms with van der Waals surface area (Å²) in [7, 11) is 0. The van der Waals surface area contributed by atoms with E-state index in [1.807, 2.05) is 20.8 Å². The van der Waals surface area contributed by atoms with Crippen LogP contribution in [0.1, 0.15) is 33.6 Å². The highest BCUT2D eigenvalue weighted by molar-refractivity contribution is 5.66. The van der Waals surface area contributed by atoms with E-state index in [4.69, 9.17) is 10.6 Å². The lowest BCUT2D eigenvalue weighted by atomic mass is 9.78. The molecule has 0 aliphatic heterocycles. The Bertz CT molecular complexity index is 311. The zero-order valence-corrected chi connectivity index (χ0v) is 9.92. The van der Waals surface area contributed by atoms with Crippen molar-refractivity contribution in [3.05, 3.63) is 10.4 Å². The summed E-state index contributed by atoms with van der Waals surface area (Å²) >= 11 is 0. The van der Waals surface area contributed by atoms with Gasteiger partial charge in [0, 0.05) is 23.0 Å². The summed E-state index contributed by atoms with van der Waals surface area (Å²) in [6.07, 6.45) is 0.713. The largest absolute Gasteiger partial charge is 0.465 e. The van der Waals surface area contributed by atoms with Crippen molar-refractivity contribution in [1.82, 2.24) is 4.90 Å². The molecule has 1 aliphatic rings. The van der Waals surface area contributed by atoms with Crippen molar-refractivity contribution in [3.63, 3.8) is 0 Å². The van der Waals surface area contributed by atoms with Crippen molar-refractivity contribution in [3.8, 4) is 0 Å². The monoisotopic (exact) mass is 226 g/mol. The van der Waals surface area contributed by atoms with Crippen molar-refractivity contribution in [2.24, 2.45) is 11.0 Å². The van der Waals surface area contributed by atoms with Gasteiger partial charge in [-0.25, -0.2) is 4.79 Å². The summed E-state index contributed by atoms with van der Waals surface area (Å²) in [5, 5.41) is 12.7. The number of hydrogen-bond donors (Lipinski definition) is 1. The van der Waals surface area contributed by atoms with Gasteiger partial charge in [-0.05, 0) is 45.1 Å². The first kappa shape index (κ1) is 12.6. The van der Waals surface area contributed by atoms with Crippen LogP contribution in [0.15, 0.2) is 5.11 Å². The van der Waals surface area contributed by atoms with Crippen LogP contribution in [-0.2, 0) is 0 Å². The van der Waals surface area contributed by atoms with Crippen LogP contribution in [0.4, 0.5) is 4.79 Å². The van der Waals surface area contributed by atoms with E-state index < -0.39 is 6.09 Å². The Kier molecular flexibility index (Phi) is 3.65. The minimum absolute atomic E-state index is 0.0661. The molecule has 0 unspecified atom stereocenters. The molecule has 0 saturated heterocycles. The average Bonchev–Trinajstić information content (AvgIpc) is 2.05. The Balaban J connectivity index is 2.53. The third-order valence-electron chi connectivity index (χ3n) is 2.91. The van der Waals surface area contributed by atoms with Gasteiger partial charge >= 0.3 is 6.09 Å². The highest BCUT2D eigenvalue weighted by Gasteiger charge is 2.40. The van der Waals surface area contributed by atoms with Crippen LogP contribution in [-0.4, -0.2) is 34.2 Å². The normalized spacial score (nSPS) is 24.2. The molecule has 0 aromatic rings. The summed E-state index contributed by atoms with van der Waals surface area (Å²) < 4.78 is 0. The first-order chi connectivity index (χ1) is 7.36. The topological polar surface area (TPSA) is 89.3 Å². The lowest BCUT2D eigenvalue weighted by molar-refractivity contribution is 0.0207. The van der Waals surface area contributed by atoms with E-state index in [9.17, 15) is 4.79 Å². The third kappa shape index (κ3) is 2.79. The first-order valence-electron chi connectivity index (χ1n) is 5.39. The molecular weight excluding hydrogens is 208 g/mol. The molecule has 1 N–H and O–H groups in total. The molecule has 1 rings (SSSR count). The van der Waals surface area contributed by atoms with E-state index in [1.165, 1.54) is 4.90 Å². The summed E-state index contributed by atoms with van der Waals surface area (Å²) in [4.78, 5) is 15.4. The molecule has 6 nitrogen and oxygen atoms in total. The third-order valence-corrected chi connectivity index (χ3v) is 2.91. The summed E-state index contributed by atoms with van der Waals surface area (Å²) in [6.45, 7) is 6.15. The smallest absolute Gasteiger partial charge is 0.407 e. The Morgan fingerprint density at radius 3 is 2.50 bits per heavy atom. The SMILES string of the molecule is CC(C)(C)N(C(=O)O)C1CC(CN=[N+]=[N-])C1. The fourth-order valence-electron chi connectivity index (χ4n) is 2.20. The Hall–Kier alpha value is -1.42. The maximum absolute atomic E-state index is 11.1. The van der Waals surface area contributed by atoms with E-state index in [0.717, 1.165) is 12.8 Å². The number of nitrogens with zero attached hydrogens (tertiary/aromatic N) is 4. The molecule has 1 aliphatic carbocycles. The number of carboxylic acid groups (broad SMARTS) is 1. The molecule has 1 amide bonds. The molecule has 0 aromatic heterocycles. The lowest BCUT2D eigenvalue weighted by Gasteiger charge is -2.47. The molecule has 6 heteroatoms. The van der Waals surface area contributed by atoms with Gasteiger partial charge in [0.2, 0.25) is 0 Å². The molecule has 0 spiro atoms. The average molecular weight is 226 g/mol. The second kappa shape index (κ2) is 4.61. The Morgan fingerprint density at radius 1 is 1.56 bits per heavy atom. The fourth-order valence-corrected chi connectivity index (χ4v) is 2.20. The molecule has 90 valence electrons. The molecule has 1 saturated carbocycles. The fraction of sp³-hybridized carbons (Fsp3) is 0.900. The van der Waals surface area contributed by atoms with E-state index in [-0.39, 0.29) is 11.6 Å². The van der Waals surface area contributed by atoms with Crippen LogP contribution < -0.4 is 0 Å². The number of rotatable bonds is 3. The van der Waals surface area contributed by atoms with Crippen LogP contribution in [0, 0.1) is 5.92 Å². The van der Waals surface area contributed by atoms with Gasteiger partial charge in [-0.2, -0.15) is 0 Å². The second-order valence-corrected chi connectivity index (χ2v) is 5.23. The van der Waals surface area contributed by atoms with Crippen LogP contribution in [0.3, 0.4) is 0 Å². The number of amides is 1. The minimum Gasteiger partial charge on any atom is -0.465 e. The maximum atomic E-state index is 11.1. The lowest BCUT2D eigenvalue weighted by Crippen LogP contribution is -2.56. The van der Waals surface area contributed by atoms with Crippen LogP contribution in [0.25, 0.3) is 10.4 Å². The van der Waals surface area contributed by atoms with Gasteiger partial charge in [0.05, 0.1) is 0 Å². The zero-order chi connectivity index (χ0) is 12.3. The number of azide groups is 1. The van der Waals surface area contributed by atoms with Gasteiger partial charge in [0.15, 0.2) is 0 Å². The summed E-state index contributed by atoms with van der Waals surface area (Å²) in [5.74, 6) is 0.338. The van der Waals surface area contributed by atoms with E-state index in [0.29, 0.717) is 12.5 Å². The van der Waals surface area contributed by atoms with Crippen molar-refractivity contribution >= 4 is 6.09 Å². The molecule has 0 heterocycles. The number of carbonyl (C=O) groups is 1. The van der Waals surface area contributed by atoms with Gasteiger partial charge in [0.1, 0.15) is 0 Å². The van der Waals surface area contributed by atoms with Gasteiger partial charge in [-0.3, -0.25) is 0 Å². The molecule has 0 aromatic carbocycles. The zero-order valence-electron chi connectivity index (χ0n) is 9.92. The summed E-state index contributed by atoms with van der Waals surface area (Å²) in [6, 6.07) is 0.0661. The van der Waals surface area contributed by atoms with Crippen molar-refractivity contribution in [2.75, 3.05) is 6.54 Å². The van der Waals surface area contributed by atoms with Gasteiger partial charge in [0.25, 0.3) is 0 Å². The molecule has 1 fully saturated rings. The quantitative estimate of drug-likeness (QED) is 0.455. The van der Waals surface area contributed by atoms with Crippen LogP contribution in [0.5, 0.6) is 0 Å². The van der Waals surface area contributed by atoms with E-state index in [1.54, 1.807) is 0 Å². The van der Waals surface area contributed by atoms with Crippen molar-refractivity contribution in [2.45, 2.75) is 45.2 Å². The predicted octanol–water partition coefficient (Wildman–Crippen LogP) is 2.85. The first-order valence-corrected chi connectivity index (χ1v) is 5.39. The summed E-state index contributed by atoms with van der Waals surface area (Å²) in [5.41, 5.74) is 7.81. The molecule has 0 bridgehead atoms. The maximum Gasteiger partial charge on any atom is 0.407 e. The predicted molar refractivity (Wildman–Crippen MR) is 60.1 cm³/mol. The van der Waals surface area contributed by atoms with Gasteiger partial charge in [-0.1, -0.05) is 5.11 Å². The minimum atomic E-state index is -0.875. The molecule has 16 heavy (non-hydrogen) atoms. The highest BCUT2D eigenvalue weighted by atomic mass is 16.4. The van der Waals surface area contributed by atoms with Crippen molar-refractivity contribution < 1.29 is 9.90 Å². The second-order valence-electron chi connectivity index (χ2n) is 5.23. The molecule has 0 atom stereocenters. The Labute approximate surface area is 94.9 Å².